The molecular weight excluding hydrogens is 342 g/mol. The lowest BCUT2D eigenvalue weighted by Crippen LogP contribution is -2.34. The van der Waals surface area contributed by atoms with E-state index in [1.807, 2.05) is 0 Å². The third-order valence-corrected chi connectivity index (χ3v) is 3.27. The van der Waals surface area contributed by atoms with Crippen LogP contribution in [0.5, 0.6) is 0 Å². The summed E-state index contributed by atoms with van der Waals surface area (Å²) in [5.74, 6) is -1.87. The number of carbonyl (C=O) groups is 2. The van der Waals surface area contributed by atoms with Crippen LogP contribution in [0.2, 0.25) is 0 Å². The van der Waals surface area contributed by atoms with Gasteiger partial charge in [0.15, 0.2) is 0 Å². The van der Waals surface area contributed by atoms with Crippen molar-refractivity contribution in [3.63, 3.8) is 0 Å². The molecule has 5 nitrogen and oxygen atoms in total. The van der Waals surface area contributed by atoms with Crippen molar-refractivity contribution in [2.45, 2.75) is 12.6 Å². The van der Waals surface area contributed by atoms with Gasteiger partial charge in [0.05, 0.1) is 5.56 Å². The zero-order valence-electron chi connectivity index (χ0n) is 12.8. The number of halogens is 4. The van der Waals surface area contributed by atoms with Gasteiger partial charge in [-0.1, -0.05) is 0 Å². The van der Waals surface area contributed by atoms with Gasteiger partial charge in [-0.25, -0.2) is 4.39 Å². The predicted molar refractivity (Wildman–Crippen MR) is 81.1 cm³/mol. The van der Waals surface area contributed by atoms with Crippen LogP contribution >= 0.6 is 0 Å². The fourth-order valence-electron chi connectivity index (χ4n) is 2.03. The molecule has 0 unspecified atom stereocenters. The summed E-state index contributed by atoms with van der Waals surface area (Å²) >= 11 is 0. The molecule has 0 aliphatic carbocycles. The fourth-order valence-corrected chi connectivity index (χ4v) is 2.03. The van der Waals surface area contributed by atoms with Crippen LogP contribution in [0.25, 0.3) is 0 Å². The van der Waals surface area contributed by atoms with Crippen LogP contribution in [0.15, 0.2) is 42.6 Å². The summed E-state index contributed by atoms with van der Waals surface area (Å²) in [5, 5.41) is 0. The van der Waals surface area contributed by atoms with E-state index in [4.69, 9.17) is 5.73 Å². The van der Waals surface area contributed by atoms with Crippen LogP contribution in [-0.4, -0.2) is 23.3 Å². The second-order valence-electron chi connectivity index (χ2n) is 5.08. The Hall–Kier alpha value is -2.97. The van der Waals surface area contributed by atoms with Crippen molar-refractivity contribution in [3.8, 4) is 0 Å². The van der Waals surface area contributed by atoms with E-state index in [9.17, 15) is 27.2 Å². The second kappa shape index (κ2) is 7.29. The zero-order valence-corrected chi connectivity index (χ0v) is 12.8. The minimum atomic E-state index is -4.62. The smallest absolute Gasteiger partial charge is 0.370 e. The minimum Gasteiger partial charge on any atom is -0.370 e. The normalized spacial score (nSPS) is 11.2. The molecule has 0 aliphatic rings. The van der Waals surface area contributed by atoms with Crippen LogP contribution < -0.4 is 10.6 Å². The largest absolute Gasteiger partial charge is 0.433 e. The Morgan fingerprint density at radius 2 is 1.72 bits per heavy atom. The molecule has 2 aromatic rings. The van der Waals surface area contributed by atoms with Crippen LogP contribution in [-0.2, 0) is 11.0 Å². The molecule has 1 aromatic carbocycles. The number of benzene rings is 1. The van der Waals surface area contributed by atoms with E-state index in [1.54, 1.807) is 0 Å². The summed E-state index contributed by atoms with van der Waals surface area (Å²) in [7, 11) is 0. The fraction of sp³-hybridized carbons (Fsp3) is 0.188. The number of hydrogen-bond acceptors (Lipinski definition) is 3. The molecule has 1 heterocycles. The van der Waals surface area contributed by atoms with E-state index in [-0.39, 0.29) is 24.2 Å². The molecule has 2 N–H and O–H groups in total. The van der Waals surface area contributed by atoms with E-state index < -0.39 is 29.5 Å². The van der Waals surface area contributed by atoms with Crippen LogP contribution in [0, 0.1) is 5.82 Å². The lowest BCUT2D eigenvalue weighted by molar-refractivity contribution is -0.141. The maximum absolute atomic E-state index is 13.1. The quantitative estimate of drug-likeness (QED) is 0.838. The highest BCUT2D eigenvalue weighted by molar-refractivity contribution is 6.06. The minimum absolute atomic E-state index is 0.109. The van der Waals surface area contributed by atoms with Gasteiger partial charge in [-0.3, -0.25) is 14.6 Å². The van der Waals surface area contributed by atoms with Gasteiger partial charge in [0.1, 0.15) is 11.5 Å². The van der Waals surface area contributed by atoms with Crippen LogP contribution in [0.1, 0.15) is 22.5 Å². The monoisotopic (exact) mass is 355 g/mol. The number of carbonyl (C=O) groups excluding carboxylic acids is 2. The molecule has 0 saturated heterocycles. The molecule has 0 aliphatic heterocycles. The number of pyridine rings is 1. The molecule has 2 amide bonds. The van der Waals surface area contributed by atoms with Crippen molar-refractivity contribution in [2.75, 3.05) is 11.4 Å². The number of nitrogens with two attached hydrogens (primary N) is 1. The van der Waals surface area contributed by atoms with Gasteiger partial charge in [-0.2, -0.15) is 13.2 Å². The Labute approximate surface area is 140 Å². The number of amides is 2. The van der Waals surface area contributed by atoms with Crippen LogP contribution in [0.4, 0.5) is 23.2 Å². The second-order valence-corrected chi connectivity index (χ2v) is 5.08. The SMILES string of the molecule is NC(=O)CCN(C(=O)c1ccc(C(F)(F)F)nc1)c1ccc(F)cc1. The highest BCUT2D eigenvalue weighted by atomic mass is 19.4. The molecule has 132 valence electrons. The zero-order chi connectivity index (χ0) is 18.6. The Bertz CT molecular complexity index is 758. The molecule has 0 fully saturated rings. The van der Waals surface area contributed by atoms with Gasteiger partial charge >= 0.3 is 6.18 Å². The van der Waals surface area contributed by atoms with E-state index in [1.165, 1.54) is 12.1 Å². The average molecular weight is 355 g/mol. The molecule has 25 heavy (non-hydrogen) atoms. The van der Waals surface area contributed by atoms with Crippen LogP contribution in [0.3, 0.4) is 0 Å². The number of aromatic nitrogens is 1. The Kier molecular flexibility index (Phi) is 5.35. The number of anilines is 1. The number of nitrogens with zero attached hydrogens (tertiary/aromatic N) is 2. The first kappa shape index (κ1) is 18.4. The first-order valence-electron chi connectivity index (χ1n) is 7.07. The summed E-state index contributed by atoms with van der Waals surface area (Å²) in [4.78, 5) is 27.9. The lowest BCUT2D eigenvalue weighted by atomic mass is 10.2. The third-order valence-electron chi connectivity index (χ3n) is 3.27. The van der Waals surface area contributed by atoms with Gasteiger partial charge in [0.25, 0.3) is 5.91 Å². The maximum atomic E-state index is 13.1. The number of alkyl halides is 3. The topological polar surface area (TPSA) is 76.3 Å². The highest BCUT2D eigenvalue weighted by Crippen LogP contribution is 2.27. The molecule has 1 aromatic heterocycles. The molecule has 0 radical (unpaired) electrons. The van der Waals surface area contributed by atoms with Crippen molar-refractivity contribution >= 4 is 17.5 Å². The van der Waals surface area contributed by atoms with Gasteiger partial charge < -0.3 is 10.6 Å². The molecule has 0 saturated carbocycles. The summed E-state index contributed by atoms with van der Waals surface area (Å²) in [6, 6.07) is 6.52. The molecule has 0 atom stereocenters. The van der Waals surface area contributed by atoms with Crippen molar-refractivity contribution in [2.24, 2.45) is 5.73 Å². The van der Waals surface area contributed by atoms with Gasteiger partial charge in [0, 0.05) is 24.8 Å². The van der Waals surface area contributed by atoms with Crippen molar-refractivity contribution in [3.05, 3.63) is 59.7 Å². The third kappa shape index (κ3) is 4.75. The summed E-state index contributed by atoms with van der Waals surface area (Å²) in [6.45, 7) is -0.110. The molecule has 0 bridgehead atoms. The van der Waals surface area contributed by atoms with E-state index in [0.717, 1.165) is 29.3 Å². The molecule has 2 rings (SSSR count). The van der Waals surface area contributed by atoms with Crippen molar-refractivity contribution in [1.82, 2.24) is 4.98 Å². The number of hydrogen-bond donors (Lipinski definition) is 1. The number of rotatable bonds is 5. The van der Waals surface area contributed by atoms with E-state index in [0.29, 0.717) is 6.07 Å². The Morgan fingerprint density at radius 1 is 1.08 bits per heavy atom. The first-order valence-corrected chi connectivity index (χ1v) is 7.07. The Balaban J connectivity index is 2.31. The lowest BCUT2D eigenvalue weighted by Gasteiger charge is -2.22. The summed E-state index contributed by atoms with van der Waals surface area (Å²) < 4.78 is 50.7. The van der Waals surface area contributed by atoms with Gasteiger partial charge in [-0.15, -0.1) is 0 Å². The number of primary amides is 1. The Morgan fingerprint density at radius 3 is 2.20 bits per heavy atom. The van der Waals surface area contributed by atoms with E-state index in [2.05, 4.69) is 4.98 Å². The molecule has 9 heteroatoms. The summed E-state index contributed by atoms with van der Waals surface area (Å²) in [6.07, 6.45) is -3.99. The maximum Gasteiger partial charge on any atom is 0.433 e. The predicted octanol–water partition coefficient (Wildman–Crippen LogP) is 2.76. The molecular formula is C16H13F4N3O2. The average Bonchev–Trinajstić information content (AvgIpc) is 2.55. The van der Waals surface area contributed by atoms with Crippen molar-refractivity contribution < 1.29 is 27.2 Å². The standard InChI is InChI=1S/C16H13F4N3O2/c17-11-2-4-12(5-3-11)23(8-7-14(21)24)15(25)10-1-6-13(22-9-10)16(18,19)20/h1-6,9H,7-8H2,(H2,21,24). The van der Waals surface area contributed by atoms with Crippen molar-refractivity contribution in [1.29, 1.82) is 0 Å². The van der Waals surface area contributed by atoms with Gasteiger partial charge in [-0.05, 0) is 36.4 Å². The van der Waals surface area contributed by atoms with Gasteiger partial charge in [0.2, 0.25) is 5.91 Å². The summed E-state index contributed by atoms with van der Waals surface area (Å²) in [5.41, 5.74) is 4.11. The highest BCUT2D eigenvalue weighted by Gasteiger charge is 2.32. The van der Waals surface area contributed by atoms with E-state index >= 15 is 0 Å². The first-order chi connectivity index (χ1) is 11.7. The molecule has 0 spiro atoms.